The van der Waals surface area contributed by atoms with Crippen LogP contribution >= 0.6 is 0 Å². The highest BCUT2D eigenvalue weighted by atomic mass is 15.1. The number of aromatic nitrogens is 1. The van der Waals surface area contributed by atoms with E-state index in [9.17, 15) is 0 Å². The van der Waals surface area contributed by atoms with Gasteiger partial charge in [-0.1, -0.05) is 44.2 Å². The second-order valence-corrected chi connectivity index (χ2v) is 5.11. The molecule has 1 unspecified atom stereocenters. The van der Waals surface area contributed by atoms with E-state index in [1.165, 1.54) is 11.1 Å². The first-order valence-electron chi connectivity index (χ1n) is 7.75. The number of likely N-dealkylation sites (N-methyl/N-ethyl adjacent to an activating group) is 1. The summed E-state index contributed by atoms with van der Waals surface area (Å²) in [6.07, 6.45) is 3.72. The van der Waals surface area contributed by atoms with Crippen LogP contribution in [-0.2, 0) is 0 Å². The molecule has 1 heterocycles. The van der Waals surface area contributed by atoms with Gasteiger partial charge in [-0.05, 0) is 36.3 Å². The summed E-state index contributed by atoms with van der Waals surface area (Å²) in [6.45, 7) is 8.67. The summed E-state index contributed by atoms with van der Waals surface area (Å²) in [5.74, 6) is 0. The molecule has 3 nitrogen and oxygen atoms in total. The number of rotatable bonds is 8. The van der Waals surface area contributed by atoms with Crippen molar-refractivity contribution in [2.24, 2.45) is 0 Å². The molecule has 112 valence electrons. The van der Waals surface area contributed by atoms with Gasteiger partial charge in [-0.15, -0.1) is 0 Å². The molecule has 0 fully saturated rings. The minimum atomic E-state index is 0.227. The number of nitrogens with one attached hydrogen (secondary N) is 1. The Labute approximate surface area is 128 Å². The molecule has 1 aromatic carbocycles. The molecule has 0 radical (unpaired) electrons. The Hall–Kier alpha value is -1.71. The maximum absolute atomic E-state index is 4.12. The Morgan fingerprint density at radius 2 is 1.57 bits per heavy atom. The van der Waals surface area contributed by atoms with Gasteiger partial charge in [-0.25, -0.2) is 0 Å². The monoisotopic (exact) mass is 283 g/mol. The Bertz CT molecular complexity index is 455. The van der Waals surface area contributed by atoms with Gasteiger partial charge in [0.25, 0.3) is 0 Å². The van der Waals surface area contributed by atoms with Gasteiger partial charge in [0.1, 0.15) is 0 Å². The van der Waals surface area contributed by atoms with E-state index in [-0.39, 0.29) is 6.04 Å². The van der Waals surface area contributed by atoms with E-state index in [0.29, 0.717) is 0 Å². The summed E-state index contributed by atoms with van der Waals surface area (Å²) in [4.78, 5) is 6.55. The van der Waals surface area contributed by atoms with Gasteiger partial charge in [-0.3, -0.25) is 4.98 Å². The van der Waals surface area contributed by atoms with Crippen molar-refractivity contribution in [1.29, 1.82) is 0 Å². The third-order valence-corrected chi connectivity index (χ3v) is 3.84. The van der Waals surface area contributed by atoms with E-state index >= 15 is 0 Å². The Morgan fingerprint density at radius 1 is 0.952 bits per heavy atom. The fourth-order valence-electron chi connectivity index (χ4n) is 2.54. The Morgan fingerprint density at radius 3 is 2.19 bits per heavy atom. The van der Waals surface area contributed by atoms with Gasteiger partial charge in [0.15, 0.2) is 0 Å². The normalized spacial score (nSPS) is 12.5. The van der Waals surface area contributed by atoms with Gasteiger partial charge in [0.05, 0.1) is 6.04 Å². The minimum Gasteiger partial charge on any atom is -0.305 e. The van der Waals surface area contributed by atoms with Crippen LogP contribution in [0.3, 0.4) is 0 Å². The quantitative estimate of drug-likeness (QED) is 0.807. The SMILES string of the molecule is CCN(CC)CCNC(c1ccccc1)c1ccncc1. The minimum absolute atomic E-state index is 0.227. The van der Waals surface area contributed by atoms with E-state index in [4.69, 9.17) is 0 Å². The van der Waals surface area contributed by atoms with E-state index < -0.39 is 0 Å². The van der Waals surface area contributed by atoms with Crippen LogP contribution in [-0.4, -0.2) is 36.1 Å². The zero-order valence-corrected chi connectivity index (χ0v) is 13.0. The molecule has 2 rings (SSSR count). The average molecular weight is 283 g/mol. The number of benzene rings is 1. The highest BCUT2D eigenvalue weighted by molar-refractivity contribution is 5.30. The number of nitrogens with zero attached hydrogens (tertiary/aromatic N) is 2. The summed E-state index contributed by atoms with van der Waals surface area (Å²) in [5.41, 5.74) is 2.55. The summed E-state index contributed by atoms with van der Waals surface area (Å²) < 4.78 is 0. The molecule has 0 amide bonds. The van der Waals surface area contributed by atoms with Crippen LogP contribution < -0.4 is 5.32 Å². The summed E-state index contributed by atoms with van der Waals surface area (Å²) in [5, 5.41) is 3.68. The fourth-order valence-corrected chi connectivity index (χ4v) is 2.54. The van der Waals surface area contributed by atoms with Crippen LogP contribution in [0.4, 0.5) is 0 Å². The third kappa shape index (κ3) is 4.66. The molecule has 1 N–H and O–H groups in total. The lowest BCUT2D eigenvalue weighted by Crippen LogP contribution is -2.34. The van der Waals surface area contributed by atoms with Crippen molar-refractivity contribution in [3.63, 3.8) is 0 Å². The van der Waals surface area contributed by atoms with Crippen molar-refractivity contribution in [1.82, 2.24) is 15.2 Å². The van der Waals surface area contributed by atoms with Crippen molar-refractivity contribution in [2.75, 3.05) is 26.2 Å². The molecule has 3 heteroatoms. The maximum atomic E-state index is 4.12. The number of hydrogen-bond donors (Lipinski definition) is 1. The van der Waals surface area contributed by atoms with Crippen LogP contribution in [0.1, 0.15) is 31.0 Å². The number of hydrogen-bond acceptors (Lipinski definition) is 3. The maximum Gasteiger partial charge on any atom is 0.0578 e. The van der Waals surface area contributed by atoms with Gasteiger partial charge in [-0.2, -0.15) is 0 Å². The van der Waals surface area contributed by atoms with E-state index in [1.54, 1.807) is 0 Å². The van der Waals surface area contributed by atoms with Crippen LogP contribution in [0.25, 0.3) is 0 Å². The molecule has 0 saturated carbocycles. The van der Waals surface area contributed by atoms with E-state index in [1.807, 2.05) is 12.4 Å². The van der Waals surface area contributed by atoms with Crippen molar-refractivity contribution in [3.8, 4) is 0 Å². The molecule has 21 heavy (non-hydrogen) atoms. The predicted molar refractivity (Wildman–Crippen MR) is 88.3 cm³/mol. The lowest BCUT2D eigenvalue weighted by Gasteiger charge is -2.23. The topological polar surface area (TPSA) is 28.2 Å². The van der Waals surface area contributed by atoms with Gasteiger partial charge < -0.3 is 10.2 Å². The first kappa shape index (κ1) is 15.7. The zero-order valence-electron chi connectivity index (χ0n) is 13.0. The highest BCUT2D eigenvalue weighted by Gasteiger charge is 2.13. The Kier molecular flexibility index (Phi) is 6.38. The number of pyridine rings is 1. The molecule has 0 spiro atoms. The molecule has 0 bridgehead atoms. The zero-order chi connectivity index (χ0) is 14.9. The molecular formula is C18H25N3. The standard InChI is InChI=1S/C18H25N3/c1-3-21(4-2)15-14-20-18(16-8-6-5-7-9-16)17-10-12-19-13-11-17/h5-13,18,20H,3-4,14-15H2,1-2H3. The van der Waals surface area contributed by atoms with E-state index in [0.717, 1.165) is 26.2 Å². The Balaban J connectivity index is 2.07. The van der Waals surface area contributed by atoms with Gasteiger partial charge in [0.2, 0.25) is 0 Å². The smallest absolute Gasteiger partial charge is 0.0578 e. The second kappa shape index (κ2) is 8.55. The van der Waals surface area contributed by atoms with Crippen LogP contribution in [0.2, 0.25) is 0 Å². The largest absolute Gasteiger partial charge is 0.305 e. The van der Waals surface area contributed by atoms with Crippen molar-refractivity contribution in [3.05, 3.63) is 66.0 Å². The van der Waals surface area contributed by atoms with Crippen molar-refractivity contribution < 1.29 is 0 Å². The van der Waals surface area contributed by atoms with Crippen LogP contribution in [0.15, 0.2) is 54.9 Å². The third-order valence-electron chi connectivity index (χ3n) is 3.84. The van der Waals surface area contributed by atoms with Crippen LogP contribution in [0.5, 0.6) is 0 Å². The molecule has 0 aliphatic rings. The molecule has 1 aromatic heterocycles. The lowest BCUT2D eigenvalue weighted by atomic mass is 10.00. The summed E-state index contributed by atoms with van der Waals surface area (Å²) in [7, 11) is 0. The van der Waals surface area contributed by atoms with E-state index in [2.05, 4.69) is 71.5 Å². The molecule has 0 saturated heterocycles. The predicted octanol–water partition coefficient (Wildman–Crippen LogP) is 3.10. The summed E-state index contributed by atoms with van der Waals surface area (Å²) in [6, 6.07) is 15.0. The van der Waals surface area contributed by atoms with Crippen LogP contribution in [0, 0.1) is 0 Å². The second-order valence-electron chi connectivity index (χ2n) is 5.11. The molecular weight excluding hydrogens is 258 g/mol. The highest BCUT2D eigenvalue weighted by Crippen LogP contribution is 2.20. The lowest BCUT2D eigenvalue weighted by molar-refractivity contribution is 0.299. The van der Waals surface area contributed by atoms with Gasteiger partial charge in [0, 0.05) is 25.5 Å². The first-order chi connectivity index (χ1) is 10.3. The molecule has 0 aliphatic carbocycles. The summed E-state index contributed by atoms with van der Waals surface area (Å²) >= 11 is 0. The van der Waals surface area contributed by atoms with Crippen molar-refractivity contribution >= 4 is 0 Å². The van der Waals surface area contributed by atoms with Gasteiger partial charge >= 0.3 is 0 Å². The molecule has 0 aliphatic heterocycles. The molecule has 1 atom stereocenters. The average Bonchev–Trinajstić information content (AvgIpc) is 2.57. The first-order valence-corrected chi connectivity index (χ1v) is 7.75. The molecule has 2 aromatic rings. The van der Waals surface area contributed by atoms with Crippen molar-refractivity contribution in [2.45, 2.75) is 19.9 Å². The fraction of sp³-hybridized carbons (Fsp3) is 0.389.